The Morgan fingerprint density at radius 2 is 1.69 bits per heavy atom. The van der Waals surface area contributed by atoms with Crippen LogP contribution in [0, 0.1) is 0 Å². The maximum absolute atomic E-state index is 13.1. The van der Waals surface area contributed by atoms with Crippen LogP contribution in [0.4, 0.5) is 5.69 Å². The van der Waals surface area contributed by atoms with E-state index in [1.54, 1.807) is 37.4 Å². The molecule has 1 N–H and O–H groups in total. The third-order valence-electron chi connectivity index (χ3n) is 5.36. The first-order chi connectivity index (χ1) is 17.6. The summed E-state index contributed by atoms with van der Waals surface area (Å²) in [6, 6.07) is 23.9. The van der Waals surface area contributed by atoms with E-state index in [2.05, 4.69) is 20.6 Å². The lowest BCUT2D eigenvalue weighted by Gasteiger charge is -2.09. The van der Waals surface area contributed by atoms with Gasteiger partial charge < -0.3 is 14.5 Å². The van der Waals surface area contributed by atoms with Crippen molar-refractivity contribution >= 4 is 34.1 Å². The second-order valence-corrected chi connectivity index (χ2v) is 8.68. The van der Waals surface area contributed by atoms with Gasteiger partial charge in [-0.3, -0.25) is 9.59 Å². The Morgan fingerprint density at radius 1 is 0.972 bits per heavy atom. The van der Waals surface area contributed by atoms with Crippen molar-refractivity contribution in [2.24, 2.45) is 0 Å². The normalized spacial score (nSPS) is 10.9. The molecule has 0 saturated carbocycles. The minimum atomic E-state index is -0.246. The second kappa shape index (κ2) is 10.4. The van der Waals surface area contributed by atoms with Gasteiger partial charge in [0.15, 0.2) is 5.69 Å². The highest BCUT2D eigenvalue weighted by Crippen LogP contribution is 2.27. The predicted molar refractivity (Wildman–Crippen MR) is 137 cm³/mol. The van der Waals surface area contributed by atoms with Gasteiger partial charge in [0, 0.05) is 5.39 Å². The van der Waals surface area contributed by atoms with E-state index in [0.717, 1.165) is 17.3 Å². The largest absolute Gasteiger partial charge is 0.495 e. The Bertz CT molecular complexity index is 1580. The van der Waals surface area contributed by atoms with Crippen molar-refractivity contribution in [1.82, 2.24) is 20.0 Å². The summed E-state index contributed by atoms with van der Waals surface area (Å²) < 4.78 is 12.5. The maximum atomic E-state index is 13.1. The van der Waals surface area contributed by atoms with Crippen molar-refractivity contribution in [3.8, 4) is 17.3 Å². The average Bonchev–Trinajstić information content (AvgIpc) is 3.39. The zero-order valence-corrected chi connectivity index (χ0v) is 20.1. The zero-order chi connectivity index (χ0) is 24.9. The highest BCUT2D eigenvalue weighted by molar-refractivity contribution is 7.99. The van der Waals surface area contributed by atoms with E-state index in [1.165, 1.54) is 4.68 Å². The van der Waals surface area contributed by atoms with Gasteiger partial charge in [-0.25, -0.2) is 4.68 Å². The van der Waals surface area contributed by atoms with Crippen molar-refractivity contribution < 1.29 is 13.9 Å². The summed E-state index contributed by atoms with van der Waals surface area (Å²) in [5.74, 6) is 0.547. The lowest BCUT2D eigenvalue weighted by molar-refractivity contribution is -0.113. The number of thioether (sulfide) groups is 1. The number of hydrogen-bond donors (Lipinski definition) is 1. The lowest BCUT2D eigenvalue weighted by Crippen LogP contribution is -2.24. The van der Waals surface area contributed by atoms with Gasteiger partial charge in [0.2, 0.25) is 5.91 Å². The molecule has 0 unspecified atom stereocenters. The number of fused-ring (bicyclic) bond motifs is 1. The molecule has 5 rings (SSSR count). The molecule has 9 nitrogen and oxygen atoms in total. The molecule has 0 spiro atoms. The molecule has 36 heavy (non-hydrogen) atoms. The molecule has 10 heteroatoms. The van der Waals surface area contributed by atoms with E-state index >= 15 is 0 Å². The first kappa shape index (κ1) is 23.3. The van der Waals surface area contributed by atoms with E-state index in [4.69, 9.17) is 9.15 Å². The number of nitrogens with one attached hydrogen (secondary N) is 1. The molecule has 0 aliphatic carbocycles. The van der Waals surface area contributed by atoms with Gasteiger partial charge in [0.1, 0.15) is 5.75 Å². The molecular weight excluding hydrogens is 478 g/mol. The molecular formula is C26H21N5O4S. The van der Waals surface area contributed by atoms with Crippen LogP contribution in [-0.4, -0.2) is 38.7 Å². The van der Waals surface area contributed by atoms with Gasteiger partial charge >= 0.3 is 0 Å². The number of nitrogens with zero attached hydrogens (tertiary/aromatic N) is 4. The summed E-state index contributed by atoms with van der Waals surface area (Å²) in [5.41, 5.74) is 1.71. The molecule has 2 aromatic heterocycles. The van der Waals surface area contributed by atoms with Crippen LogP contribution < -0.4 is 15.6 Å². The van der Waals surface area contributed by atoms with Gasteiger partial charge in [0.05, 0.1) is 30.5 Å². The zero-order valence-electron chi connectivity index (χ0n) is 19.2. The fraction of sp³-hybridized carbons (Fsp3) is 0.115. The van der Waals surface area contributed by atoms with E-state index in [9.17, 15) is 9.59 Å². The van der Waals surface area contributed by atoms with Gasteiger partial charge in [-0.05, 0) is 23.8 Å². The van der Waals surface area contributed by atoms with Crippen LogP contribution in [0.5, 0.6) is 5.75 Å². The van der Waals surface area contributed by atoms with Crippen molar-refractivity contribution in [2.75, 3.05) is 18.2 Å². The molecule has 0 aliphatic rings. The number of para-hydroxylation sites is 2. The number of ether oxygens (including phenoxy) is 1. The number of amides is 1. The first-order valence-electron chi connectivity index (χ1n) is 11.1. The molecule has 0 bridgehead atoms. The molecule has 0 radical (unpaired) electrons. The number of rotatable bonds is 8. The summed E-state index contributed by atoms with van der Waals surface area (Å²) in [6.07, 6.45) is 0. The number of methoxy groups -OCH3 is 1. The van der Waals surface area contributed by atoms with Crippen LogP contribution in [0.15, 0.2) is 93.3 Å². The Labute approximate surface area is 210 Å². The fourth-order valence-electron chi connectivity index (χ4n) is 3.68. The minimum absolute atomic E-state index is 0.0569. The highest BCUT2D eigenvalue weighted by Gasteiger charge is 2.18. The number of carbonyl (C=O) groups is 1. The van der Waals surface area contributed by atoms with Crippen LogP contribution in [0.25, 0.3) is 22.4 Å². The van der Waals surface area contributed by atoms with Crippen molar-refractivity contribution in [2.45, 2.75) is 11.8 Å². The molecule has 0 fully saturated rings. The van der Waals surface area contributed by atoms with Crippen molar-refractivity contribution in [3.63, 3.8) is 0 Å². The van der Waals surface area contributed by atoms with Crippen LogP contribution in [0.2, 0.25) is 0 Å². The van der Waals surface area contributed by atoms with Gasteiger partial charge in [-0.1, -0.05) is 72.4 Å². The Morgan fingerprint density at radius 3 is 2.50 bits per heavy atom. The van der Waals surface area contributed by atoms with Crippen LogP contribution in [0.3, 0.4) is 0 Å². The molecule has 0 atom stereocenters. The topological polar surface area (TPSA) is 112 Å². The maximum Gasteiger partial charge on any atom is 0.277 e. The summed E-state index contributed by atoms with van der Waals surface area (Å²) in [5, 5.41) is 16.9. The minimum Gasteiger partial charge on any atom is -0.495 e. The predicted octanol–water partition coefficient (Wildman–Crippen LogP) is 4.23. The Balaban J connectivity index is 1.38. The highest BCUT2D eigenvalue weighted by atomic mass is 32.2. The number of benzene rings is 3. The van der Waals surface area contributed by atoms with E-state index in [-0.39, 0.29) is 28.3 Å². The third-order valence-corrected chi connectivity index (χ3v) is 6.18. The number of aromatic nitrogens is 4. The van der Waals surface area contributed by atoms with Crippen LogP contribution in [-0.2, 0) is 11.3 Å². The molecule has 0 saturated heterocycles. The Kier molecular flexibility index (Phi) is 6.76. The SMILES string of the molecule is COc1ccccc1NC(=O)CSc1nnc(-c2nn(Cc3ccccc3)c(=O)c3ccccc23)o1. The van der Waals surface area contributed by atoms with E-state index in [0.29, 0.717) is 34.4 Å². The van der Waals surface area contributed by atoms with Gasteiger partial charge in [-0.2, -0.15) is 5.10 Å². The summed E-state index contributed by atoms with van der Waals surface area (Å²) in [6.45, 7) is 0.302. The number of hydrogen-bond acceptors (Lipinski definition) is 8. The molecule has 5 aromatic rings. The quantitative estimate of drug-likeness (QED) is 0.316. The molecule has 1 amide bonds. The summed E-state index contributed by atoms with van der Waals surface area (Å²) in [7, 11) is 1.54. The Hall–Kier alpha value is -4.44. The van der Waals surface area contributed by atoms with Gasteiger partial charge in [0.25, 0.3) is 16.7 Å². The molecule has 3 aromatic carbocycles. The smallest absolute Gasteiger partial charge is 0.277 e. The summed E-state index contributed by atoms with van der Waals surface area (Å²) >= 11 is 1.10. The van der Waals surface area contributed by atoms with E-state index in [1.807, 2.05) is 48.5 Å². The fourth-order valence-corrected chi connectivity index (χ4v) is 4.25. The molecule has 2 heterocycles. The lowest BCUT2D eigenvalue weighted by atomic mass is 10.1. The van der Waals surface area contributed by atoms with E-state index < -0.39 is 0 Å². The van der Waals surface area contributed by atoms with Crippen LogP contribution >= 0.6 is 11.8 Å². The number of anilines is 1. The van der Waals surface area contributed by atoms with Crippen molar-refractivity contribution in [3.05, 3.63) is 94.8 Å². The first-order valence-corrected chi connectivity index (χ1v) is 12.0. The summed E-state index contributed by atoms with van der Waals surface area (Å²) in [4.78, 5) is 25.5. The molecule has 180 valence electrons. The average molecular weight is 500 g/mol. The molecule has 0 aliphatic heterocycles. The third kappa shape index (κ3) is 4.98. The second-order valence-electron chi connectivity index (χ2n) is 7.75. The monoisotopic (exact) mass is 499 g/mol. The van der Waals surface area contributed by atoms with Crippen molar-refractivity contribution in [1.29, 1.82) is 0 Å². The standard InChI is InChI=1S/C26H21N5O4S/c1-34-21-14-8-7-13-20(21)27-22(32)16-36-26-29-28-24(35-26)23-18-11-5-6-12-19(18)25(33)31(30-23)15-17-9-3-2-4-10-17/h2-14H,15-16H2,1H3,(H,27,32). The van der Waals surface area contributed by atoms with Gasteiger partial charge in [-0.15, -0.1) is 10.2 Å². The number of carbonyl (C=O) groups excluding carboxylic acids is 1. The van der Waals surface area contributed by atoms with Crippen LogP contribution in [0.1, 0.15) is 5.56 Å².